The van der Waals surface area contributed by atoms with E-state index in [-0.39, 0.29) is 18.9 Å². The molecule has 7 nitrogen and oxygen atoms in total. The van der Waals surface area contributed by atoms with Gasteiger partial charge in [0, 0.05) is 29.4 Å². The van der Waals surface area contributed by atoms with Gasteiger partial charge in [-0.2, -0.15) is 0 Å². The van der Waals surface area contributed by atoms with Gasteiger partial charge >= 0.3 is 5.97 Å². The highest BCUT2D eigenvalue weighted by atomic mass is 35.5. The molecular formula is C29H29ClN2O5. The number of anilines is 2. The summed E-state index contributed by atoms with van der Waals surface area (Å²) in [4.78, 5) is 38.8. The molecule has 0 radical (unpaired) electrons. The van der Waals surface area contributed by atoms with Crippen LogP contribution in [-0.2, 0) is 19.1 Å². The summed E-state index contributed by atoms with van der Waals surface area (Å²) in [6.07, 6.45) is 0.0247. The van der Waals surface area contributed by atoms with Crippen molar-refractivity contribution in [3.05, 3.63) is 82.9 Å². The van der Waals surface area contributed by atoms with Gasteiger partial charge in [-0.25, -0.2) is 0 Å². The van der Waals surface area contributed by atoms with Crippen molar-refractivity contribution < 1.29 is 23.9 Å². The smallest absolute Gasteiger partial charge is 0.311 e. The van der Waals surface area contributed by atoms with E-state index in [9.17, 15) is 14.4 Å². The van der Waals surface area contributed by atoms with Crippen LogP contribution in [-0.4, -0.2) is 30.9 Å². The Morgan fingerprint density at radius 3 is 2.43 bits per heavy atom. The number of hydrogen-bond donors (Lipinski definition) is 1. The van der Waals surface area contributed by atoms with Crippen molar-refractivity contribution >= 4 is 40.8 Å². The number of rotatable bonds is 8. The summed E-state index contributed by atoms with van der Waals surface area (Å²) in [5.41, 5.74) is 3.44. The first-order valence-corrected chi connectivity index (χ1v) is 12.5. The number of carbonyl (C=O) groups is 3. The Morgan fingerprint density at radius 1 is 1.05 bits per heavy atom. The van der Waals surface area contributed by atoms with E-state index in [0.29, 0.717) is 28.1 Å². The molecule has 1 heterocycles. The third-order valence-electron chi connectivity index (χ3n) is 6.10. The molecule has 3 aromatic carbocycles. The third-order valence-corrected chi connectivity index (χ3v) is 6.35. The number of halogens is 1. The predicted octanol–water partition coefficient (Wildman–Crippen LogP) is 6.10. The van der Waals surface area contributed by atoms with E-state index < -0.39 is 24.4 Å². The summed E-state index contributed by atoms with van der Waals surface area (Å²) < 4.78 is 11.3. The van der Waals surface area contributed by atoms with Gasteiger partial charge in [0.15, 0.2) is 6.61 Å². The quantitative estimate of drug-likeness (QED) is 0.363. The number of amides is 2. The topological polar surface area (TPSA) is 84.9 Å². The van der Waals surface area contributed by atoms with Gasteiger partial charge in [0.25, 0.3) is 5.91 Å². The molecule has 4 rings (SSSR count). The summed E-state index contributed by atoms with van der Waals surface area (Å²) in [6.45, 7) is 6.01. The van der Waals surface area contributed by atoms with Crippen LogP contribution in [0.15, 0.2) is 66.7 Å². The zero-order valence-electron chi connectivity index (χ0n) is 21.0. The first-order valence-electron chi connectivity index (χ1n) is 12.1. The second kappa shape index (κ2) is 11.5. The molecule has 1 fully saturated rings. The van der Waals surface area contributed by atoms with Crippen LogP contribution >= 0.6 is 11.6 Å². The van der Waals surface area contributed by atoms with Gasteiger partial charge in [-0.3, -0.25) is 14.4 Å². The van der Waals surface area contributed by atoms with Crippen LogP contribution in [0, 0.1) is 12.8 Å². The highest BCUT2D eigenvalue weighted by Gasteiger charge is 2.36. The van der Waals surface area contributed by atoms with Gasteiger partial charge in [0.05, 0.1) is 5.92 Å². The molecular weight excluding hydrogens is 492 g/mol. The summed E-state index contributed by atoms with van der Waals surface area (Å²) >= 11 is 5.83. The molecule has 1 aliphatic heterocycles. The second-order valence-corrected chi connectivity index (χ2v) is 9.80. The van der Waals surface area contributed by atoms with Crippen molar-refractivity contribution in [1.29, 1.82) is 0 Å². The summed E-state index contributed by atoms with van der Waals surface area (Å²) in [5, 5.41) is 3.18. The number of esters is 1. The second-order valence-electron chi connectivity index (χ2n) is 9.36. The number of carbonyl (C=O) groups excluding carboxylic acids is 3. The highest BCUT2D eigenvalue weighted by Crippen LogP contribution is 2.33. The van der Waals surface area contributed by atoms with Crippen LogP contribution in [0.1, 0.15) is 37.3 Å². The van der Waals surface area contributed by atoms with Crippen molar-refractivity contribution in [1.82, 2.24) is 0 Å². The van der Waals surface area contributed by atoms with Crippen molar-refractivity contribution in [2.24, 2.45) is 5.92 Å². The number of nitrogens with one attached hydrogen (secondary N) is 1. The molecule has 2 amide bonds. The highest BCUT2D eigenvalue weighted by molar-refractivity contribution is 6.30. The minimum Gasteiger partial charge on any atom is -0.457 e. The molecule has 1 saturated heterocycles. The van der Waals surface area contributed by atoms with Crippen LogP contribution in [0.25, 0.3) is 0 Å². The Bertz CT molecular complexity index is 1290. The molecule has 1 aliphatic rings. The molecule has 0 bridgehead atoms. The first kappa shape index (κ1) is 26.2. The van der Waals surface area contributed by atoms with Crippen molar-refractivity contribution in [2.45, 2.75) is 33.1 Å². The molecule has 1 atom stereocenters. The normalized spacial score (nSPS) is 15.1. The molecule has 1 N–H and O–H groups in total. The average Bonchev–Trinajstić information content (AvgIpc) is 3.26. The number of hydrogen-bond acceptors (Lipinski definition) is 5. The van der Waals surface area contributed by atoms with Crippen molar-refractivity contribution in [3.8, 4) is 11.5 Å². The maximum Gasteiger partial charge on any atom is 0.311 e. The SMILES string of the molecule is Cc1ccc(C(C)C)c(Oc2ccc(N3C[C@@H](C(=O)OCC(=O)Nc4ccc(Cl)cc4)CC3=O)cc2)c1. The number of aryl methyl sites for hydroxylation is 1. The van der Waals surface area contributed by atoms with E-state index in [0.717, 1.165) is 16.9 Å². The lowest BCUT2D eigenvalue weighted by Gasteiger charge is -2.18. The minimum absolute atomic E-state index is 0.0247. The Hall–Kier alpha value is -3.84. The Kier molecular flexibility index (Phi) is 8.14. The van der Waals surface area contributed by atoms with Crippen LogP contribution in [0.4, 0.5) is 11.4 Å². The maximum atomic E-state index is 12.6. The van der Waals surface area contributed by atoms with Gasteiger partial charge in [-0.1, -0.05) is 37.6 Å². The van der Waals surface area contributed by atoms with Gasteiger partial charge < -0.3 is 19.7 Å². The molecule has 0 aromatic heterocycles. The lowest BCUT2D eigenvalue weighted by atomic mass is 10.0. The standard InChI is InChI=1S/C29H29ClN2O5/c1-18(2)25-13-4-19(3)14-26(25)37-24-11-9-23(10-12-24)32-16-20(15-28(32)34)29(35)36-17-27(33)31-22-7-5-21(30)6-8-22/h4-14,18,20H,15-17H2,1-3H3,(H,31,33)/t20-/m0/s1. The number of benzene rings is 3. The predicted molar refractivity (Wildman–Crippen MR) is 143 cm³/mol. The van der Waals surface area contributed by atoms with E-state index in [1.165, 1.54) is 0 Å². The zero-order valence-corrected chi connectivity index (χ0v) is 21.7. The third kappa shape index (κ3) is 6.68. The maximum absolute atomic E-state index is 12.6. The van der Waals surface area contributed by atoms with E-state index in [4.69, 9.17) is 21.1 Å². The van der Waals surface area contributed by atoms with Gasteiger partial charge in [-0.05, 0) is 78.6 Å². The molecule has 37 heavy (non-hydrogen) atoms. The van der Waals surface area contributed by atoms with E-state index in [1.807, 2.05) is 25.1 Å². The molecule has 0 saturated carbocycles. The van der Waals surface area contributed by atoms with Gasteiger partial charge in [0.2, 0.25) is 5.91 Å². The first-order chi connectivity index (χ1) is 17.7. The molecule has 192 valence electrons. The van der Waals surface area contributed by atoms with Crippen molar-refractivity contribution in [2.75, 3.05) is 23.4 Å². The summed E-state index contributed by atoms with van der Waals surface area (Å²) in [7, 11) is 0. The number of ether oxygens (including phenoxy) is 2. The van der Waals surface area contributed by atoms with E-state index in [1.54, 1.807) is 41.3 Å². The largest absolute Gasteiger partial charge is 0.457 e. The fraction of sp³-hybridized carbons (Fsp3) is 0.276. The molecule has 0 spiro atoms. The van der Waals surface area contributed by atoms with Crippen LogP contribution < -0.4 is 15.0 Å². The van der Waals surface area contributed by atoms with E-state index >= 15 is 0 Å². The van der Waals surface area contributed by atoms with Gasteiger partial charge in [-0.15, -0.1) is 0 Å². The summed E-state index contributed by atoms with van der Waals surface area (Å²) in [5.74, 6) is -0.0928. The fourth-order valence-corrected chi connectivity index (χ4v) is 4.25. The molecule has 3 aromatic rings. The van der Waals surface area contributed by atoms with E-state index in [2.05, 4.69) is 31.3 Å². The Morgan fingerprint density at radius 2 is 1.76 bits per heavy atom. The summed E-state index contributed by atoms with van der Waals surface area (Å²) in [6, 6.07) is 20.0. The zero-order chi connectivity index (χ0) is 26.5. The molecule has 8 heteroatoms. The fourth-order valence-electron chi connectivity index (χ4n) is 4.13. The Balaban J connectivity index is 1.32. The minimum atomic E-state index is -0.646. The van der Waals surface area contributed by atoms with Gasteiger partial charge in [0.1, 0.15) is 11.5 Å². The van der Waals surface area contributed by atoms with Crippen LogP contribution in [0.5, 0.6) is 11.5 Å². The van der Waals surface area contributed by atoms with Crippen LogP contribution in [0.2, 0.25) is 5.02 Å². The van der Waals surface area contributed by atoms with Crippen molar-refractivity contribution in [3.63, 3.8) is 0 Å². The van der Waals surface area contributed by atoms with Crippen LogP contribution in [0.3, 0.4) is 0 Å². The lowest BCUT2D eigenvalue weighted by molar-refractivity contribution is -0.151. The molecule has 0 aliphatic carbocycles. The lowest BCUT2D eigenvalue weighted by Crippen LogP contribution is -2.28. The monoisotopic (exact) mass is 520 g/mol. The Labute approximate surface area is 221 Å². The number of nitrogens with zero attached hydrogens (tertiary/aromatic N) is 1. The average molecular weight is 521 g/mol. The molecule has 0 unspecified atom stereocenters.